The number of rotatable bonds is 9. The first-order chi connectivity index (χ1) is 15.5. The van der Waals surface area contributed by atoms with Crippen molar-refractivity contribution in [3.8, 4) is 5.75 Å². The highest BCUT2D eigenvalue weighted by molar-refractivity contribution is 5.95. The number of nitrogens with zero attached hydrogens (tertiary/aromatic N) is 1. The molecular weight excluding hydrogens is 410 g/mol. The van der Waals surface area contributed by atoms with E-state index in [2.05, 4.69) is 10.6 Å². The SMILES string of the molecule is COc1ccc(C(=O)O)c(CCNC(=O)C2=CN(CC(=O)Nc3ccccc3)C=CC2)c1. The zero-order valence-electron chi connectivity index (χ0n) is 17.7. The molecule has 2 aromatic carbocycles. The Morgan fingerprint density at radius 2 is 1.91 bits per heavy atom. The van der Waals surface area contributed by atoms with E-state index in [0.717, 1.165) is 0 Å². The molecule has 1 heterocycles. The lowest BCUT2D eigenvalue weighted by atomic mass is 10.0. The number of ether oxygens (including phenoxy) is 1. The number of allylic oxidation sites excluding steroid dienone is 1. The van der Waals surface area contributed by atoms with Crippen LogP contribution < -0.4 is 15.4 Å². The van der Waals surface area contributed by atoms with Gasteiger partial charge < -0.3 is 25.4 Å². The third kappa shape index (κ3) is 6.21. The summed E-state index contributed by atoms with van der Waals surface area (Å²) in [5.41, 5.74) is 1.98. The topological polar surface area (TPSA) is 108 Å². The fourth-order valence-electron chi connectivity index (χ4n) is 3.29. The van der Waals surface area contributed by atoms with Crippen LogP contribution in [0.25, 0.3) is 0 Å². The Hall–Kier alpha value is -4.07. The number of methoxy groups -OCH3 is 1. The normalized spacial score (nSPS) is 12.7. The highest BCUT2D eigenvalue weighted by Crippen LogP contribution is 2.18. The van der Waals surface area contributed by atoms with Gasteiger partial charge in [-0.1, -0.05) is 24.3 Å². The van der Waals surface area contributed by atoms with Gasteiger partial charge >= 0.3 is 5.97 Å². The summed E-state index contributed by atoms with van der Waals surface area (Å²) in [6.45, 7) is 0.343. The van der Waals surface area contributed by atoms with Gasteiger partial charge in [-0.15, -0.1) is 0 Å². The molecule has 3 N–H and O–H groups in total. The second-order valence-electron chi connectivity index (χ2n) is 7.16. The van der Waals surface area contributed by atoms with E-state index < -0.39 is 5.97 Å². The van der Waals surface area contributed by atoms with Gasteiger partial charge in [-0.25, -0.2) is 4.79 Å². The lowest BCUT2D eigenvalue weighted by Gasteiger charge is -2.21. The molecule has 0 aliphatic carbocycles. The van der Waals surface area contributed by atoms with E-state index in [-0.39, 0.29) is 30.5 Å². The van der Waals surface area contributed by atoms with Crippen LogP contribution in [-0.2, 0) is 16.0 Å². The molecule has 32 heavy (non-hydrogen) atoms. The number of carbonyl (C=O) groups excluding carboxylic acids is 2. The molecule has 0 bridgehead atoms. The predicted molar refractivity (Wildman–Crippen MR) is 120 cm³/mol. The fourth-order valence-corrected chi connectivity index (χ4v) is 3.29. The summed E-state index contributed by atoms with van der Waals surface area (Å²) in [4.78, 5) is 37.9. The van der Waals surface area contributed by atoms with Crippen molar-refractivity contribution in [2.45, 2.75) is 12.8 Å². The molecule has 0 saturated carbocycles. The Morgan fingerprint density at radius 3 is 2.62 bits per heavy atom. The lowest BCUT2D eigenvalue weighted by Crippen LogP contribution is -2.31. The van der Waals surface area contributed by atoms with Crippen LogP contribution in [0.3, 0.4) is 0 Å². The average Bonchev–Trinajstić information content (AvgIpc) is 2.79. The predicted octanol–water partition coefficient (Wildman–Crippen LogP) is 2.79. The first-order valence-corrected chi connectivity index (χ1v) is 10.1. The summed E-state index contributed by atoms with van der Waals surface area (Å²) >= 11 is 0. The second kappa shape index (κ2) is 10.8. The van der Waals surface area contributed by atoms with Crippen molar-refractivity contribution >= 4 is 23.5 Å². The summed E-state index contributed by atoms with van der Waals surface area (Å²) in [6.07, 6.45) is 6.01. The smallest absolute Gasteiger partial charge is 0.335 e. The van der Waals surface area contributed by atoms with Crippen LogP contribution in [0.4, 0.5) is 5.69 Å². The Balaban J connectivity index is 1.54. The quantitative estimate of drug-likeness (QED) is 0.559. The van der Waals surface area contributed by atoms with Gasteiger partial charge in [-0.05, 0) is 48.7 Å². The lowest BCUT2D eigenvalue weighted by molar-refractivity contribution is -0.118. The number of carboxylic acid groups (broad SMARTS) is 1. The molecule has 0 spiro atoms. The number of benzene rings is 2. The number of aromatic carboxylic acids is 1. The van der Waals surface area contributed by atoms with E-state index in [4.69, 9.17) is 4.74 Å². The molecule has 0 radical (unpaired) electrons. The van der Waals surface area contributed by atoms with Crippen molar-refractivity contribution in [1.29, 1.82) is 0 Å². The van der Waals surface area contributed by atoms with Crippen LogP contribution in [0, 0.1) is 0 Å². The Morgan fingerprint density at radius 1 is 1.12 bits per heavy atom. The summed E-state index contributed by atoms with van der Waals surface area (Å²) in [5.74, 6) is -0.931. The Bertz CT molecular complexity index is 1050. The standard InChI is InChI=1S/C24H25N3O5/c1-32-20-9-10-21(24(30)31)17(14-20)11-12-25-23(29)18-6-5-13-27(15-18)16-22(28)26-19-7-3-2-4-8-19/h2-5,7-10,13-15H,6,11-12,16H2,1H3,(H,25,29)(H,26,28)(H,30,31). The molecule has 2 amide bonds. The van der Waals surface area contributed by atoms with Crippen molar-refractivity contribution in [2.75, 3.05) is 25.5 Å². The van der Waals surface area contributed by atoms with Gasteiger partial charge in [0.2, 0.25) is 11.8 Å². The minimum Gasteiger partial charge on any atom is -0.497 e. The number of hydrogen-bond donors (Lipinski definition) is 3. The van der Waals surface area contributed by atoms with E-state index in [1.54, 1.807) is 41.6 Å². The largest absolute Gasteiger partial charge is 0.497 e. The van der Waals surface area contributed by atoms with Gasteiger partial charge in [0.25, 0.3) is 0 Å². The molecule has 0 aromatic heterocycles. The van der Waals surface area contributed by atoms with Crippen molar-refractivity contribution in [3.63, 3.8) is 0 Å². The molecule has 3 rings (SSSR count). The first-order valence-electron chi connectivity index (χ1n) is 10.1. The molecule has 8 heteroatoms. The first kappa shape index (κ1) is 22.6. The summed E-state index contributed by atoms with van der Waals surface area (Å²) < 4.78 is 5.16. The van der Waals surface area contributed by atoms with Crippen LogP contribution in [0.15, 0.2) is 72.6 Å². The second-order valence-corrected chi connectivity index (χ2v) is 7.16. The highest BCUT2D eigenvalue weighted by Gasteiger charge is 2.16. The molecule has 0 atom stereocenters. The number of nitrogens with one attached hydrogen (secondary N) is 2. The monoisotopic (exact) mass is 435 g/mol. The maximum absolute atomic E-state index is 12.6. The van der Waals surface area contributed by atoms with Crippen LogP contribution in [0.5, 0.6) is 5.75 Å². The van der Waals surface area contributed by atoms with E-state index in [1.807, 2.05) is 24.3 Å². The summed E-state index contributed by atoms with van der Waals surface area (Å²) in [5, 5.41) is 15.0. The van der Waals surface area contributed by atoms with Gasteiger partial charge in [0.05, 0.1) is 12.7 Å². The van der Waals surface area contributed by atoms with Crippen molar-refractivity contribution in [2.24, 2.45) is 0 Å². The number of anilines is 1. The molecule has 1 aliphatic heterocycles. The molecule has 0 saturated heterocycles. The maximum Gasteiger partial charge on any atom is 0.335 e. The maximum atomic E-state index is 12.6. The third-order valence-electron chi connectivity index (χ3n) is 4.85. The zero-order valence-corrected chi connectivity index (χ0v) is 17.7. The molecule has 2 aromatic rings. The third-order valence-corrected chi connectivity index (χ3v) is 4.85. The number of hydrogen-bond acceptors (Lipinski definition) is 5. The van der Waals surface area contributed by atoms with Gasteiger partial charge in [0, 0.05) is 30.2 Å². The molecule has 166 valence electrons. The van der Waals surface area contributed by atoms with E-state index in [1.165, 1.54) is 13.2 Å². The van der Waals surface area contributed by atoms with Crippen LogP contribution in [-0.4, -0.2) is 48.0 Å². The van der Waals surface area contributed by atoms with E-state index in [9.17, 15) is 19.5 Å². The molecular formula is C24H25N3O5. The minimum atomic E-state index is -1.03. The van der Waals surface area contributed by atoms with Crippen molar-refractivity contribution in [1.82, 2.24) is 10.2 Å². The van der Waals surface area contributed by atoms with E-state index >= 15 is 0 Å². The van der Waals surface area contributed by atoms with Gasteiger partial charge in [-0.2, -0.15) is 0 Å². The zero-order chi connectivity index (χ0) is 22.9. The average molecular weight is 435 g/mol. The van der Waals surface area contributed by atoms with Crippen molar-refractivity contribution < 1.29 is 24.2 Å². The molecule has 1 aliphatic rings. The molecule has 0 unspecified atom stereocenters. The number of carboxylic acids is 1. The summed E-state index contributed by atoms with van der Waals surface area (Å²) in [6, 6.07) is 13.9. The van der Waals surface area contributed by atoms with E-state index in [0.29, 0.717) is 35.4 Å². The molecule has 0 fully saturated rings. The van der Waals surface area contributed by atoms with Crippen LogP contribution >= 0.6 is 0 Å². The van der Waals surface area contributed by atoms with Crippen LogP contribution in [0.2, 0.25) is 0 Å². The van der Waals surface area contributed by atoms with Crippen molar-refractivity contribution in [3.05, 3.63) is 83.7 Å². The highest BCUT2D eigenvalue weighted by atomic mass is 16.5. The minimum absolute atomic E-state index is 0.0773. The number of amides is 2. The van der Waals surface area contributed by atoms with Gasteiger partial charge in [0.1, 0.15) is 12.3 Å². The fraction of sp³-hybridized carbons (Fsp3) is 0.208. The van der Waals surface area contributed by atoms with Gasteiger partial charge in [0.15, 0.2) is 0 Å². The number of carbonyl (C=O) groups is 3. The number of para-hydroxylation sites is 1. The summed E-state index contributed by atoms with van der Waals surface area (Å²) in [7, 11) is 1.51. The Kier molecular flexibility index (Phi) is 7.64. The van der Waals surface area contributed by atoms with Gasteiger partial charge in [-0.3, -0.25) is 9.59 Å². The molecule has 8 nitrogen and oxygen atoms in total. The van der Waals surface area contributed by atoms with Crippen LogP contribution in [0.1, 0.15) is 22.3 Å². The Labute approximate surface area is 186 Å².